The number of carboxylic acid groups (broad SMARTS) is 1. The zero-order valence-corrected chi connectivity index (χ0v) is 35.4. The summed E-state index contributed by atoms with van der Waals surface area (Å²) in [7, 11) is 0. The first kappa shape index (κ1) is 43.6. The molecule has 0 spiro atoms. The Balaban J connectivity index is 0.000000193. The number of rotatable bonds is 10. The maximum Gasteiger partial charge on any atom is 0.340 e. The number of aromatic hydroxyl groups is 1. The molecule has 2 heterocycles. The minimum Gasteiger partial charge on any atom is -0.507 e. The van der Waals surface area contributed by atoms with E-state index in [9.17, 15) is 29.4 Å². The number of ether oxygens (including phenoxy) is 1. The van der Waals surface area contributed by atoms with Crippen LogP contribution >= 0.6 is 0 Å². The lowest BCUT2D eigenvalue weighted by atomic mass is 9.99. The first-order valence-corrected chi connectivity index (χ1v) is 20.2. The first-order valence-electron chi connectivity index (χ1n) is 20.2. The van der Waals surface area contributed by atoms with Gasteiger partial charge in [0.05, 0.1) is 53.1 Å². The van der Waals surface area contributed by atoms with E-state index < -0.39 is 23.4 Å². The number of carboxylic acids is 1. The lowest BCUT2D eigenvalue weighted by Gasteiger charge is -2.21. The van der Waals surface area contributed by atoms with Crippen molar-refractivity contribution < 1.29 is 43.0 Å². The largest absolute Gasteiger partial charge is 0.507 e. The molecule has 64 heavy (non-hydrogen) atoms. The Hall–Kier alpha value is -8.44. The molecule has 0 radical (unpaired) electrons. The number of carbonyl (C=O) groups is 4. The van der Waals surface area contributed by atoms with Crippen LogP contribution in [0.15, 0.2) is 179 Å². The summed E-state index contributed by atoms with van der Waals surface area (Å²) in [6.45, 7) is 7.31. The molecule has 0 fully saturated rings. The first-order chi connectivity index (χ1) is 30.7. The van der Waals surface area contributed by atoms with Gasteiger partial charge in [-0.05, 0) is 121 Å². The molecule has 0 aliphatic heterocycles. The van der Waals surface area contributed by atoms with E-state index in [-0.39, 0.29) is 28.5 Å². The van der Waals surface area contributed by atoms with Gasteiger partial charge in [-0.2, -0.15) is 0 Å². The lowest BCUT2D eigenvalue weighted by Crippen LogP contribution is -2.25. The predicted molar refractivity (Wildman–Crippen MR) is 246 cm³/mol. The summed E-state index contributed by atoms with van der Waals surface area (Å²) >= 11 is 0. The molecule has 0 aliphatic carbocycles. The fraction of sp³-hybridized carbons (Fsp3) is 0.0943. The minimum absolute atomic E-state index is 0.0233. The monoisotopic (exact) mass is 852 g/mol. The maximum absolute atomic E-state index is 13.4. The van der Waals surface area contributed by atoms with E-state index in [2.05, 4.69) is 10.6 Å². The Bertz CT molecular complexity index is 2930. The number of anilines is 2. The Morgan fingerprint density at radius 2 is 0.953 bits per heavy atom. The molecule has 0 aliphatic rings. The number of nitrogens with one attached hydrogen (secondary N) is 2. The molecule has 11 nitrogen and oxygen atoms in total. The fourth-order valence-corrected chi connectivity index (χ4v) is 6.79. The van der Waals surface area contributed by atoms with Gasteiger partial charge in [0.2, 0.25) is 0 Å². The van der Waals surface area contributed by atoms with E-state index >= 15 is 0 Å². The summed E-state index contributed by atoms with van der Waals surface area (Å²) in [6.07, 6.45) is 6.27. The fourth-order valence-electron chi connectivity index (χ4n) is 6.79. The molecule has 0 atom stereocenters. The van der Waals surface area contributed by atoms with Crippen molar-refractivity contribution in [1.82, 2.24) is 0 Å². The maximum atomic E-state index is 13.4. The van der Waals surface area contributed by atoms with E-state index in [0.29, 0.717) is 22.4 Å². The Kier molecular flexibility index (Phi) is 13.0. The zero-order chi connectivity index (χ0) is 45.4. The van der Waals surface area contributed by atoms with E-state index in [0.717, 1.165) is 44.5 Å². The smallest absolute Gasteiger partial charge is 0.340 e. The number of phenols is 1. The van der Waals surface area contributed by atoms with Gasteiger partial charge in [-0.1, -0.05) is 91.0 Å². The van der Waals surface area contributed by atoms with Crippen molar-refractivity contribution in [3.63, 3.8) is 0 Å². The lowest BCUT2D eigenvalue weighted by molar-refractivity contribution is 0.00704. The molecule has 8 rings (SSSR count). The highest BCUT2D eigenvalue weighted by Gasteiger charge is 2.23. The number of carbonyl (C=O) groups excluding carboxylic acids is 3. The third-order valence-corrected chi connectivity index (χ3v) is 10.0. The quantitative estimate of drug-likeness (QED) is 0.0978. The summed E-state index contributed by atoms with van der Waals surface area (Å²) in [5.41, 5.74) is 8.18. The number of phenolic OH excluding ortho intramolecular Hbond substituents is 1. The van der Waals surface area contributed by atoms with Gasteiger partial charge < -0.3 is 34.4 Å². The zero-order valence-electron chi connectivity index (χ0n) is 35.4. The molecule has 4 N–H and O–H groups in total. The van der Waals surface area contributed by atoms with Crippen LogP contribution in [-0.4, -0.2) is 39.6 Å². The Labute approximate surface area is 369 Å². The Morgan fingerprint density at radius 1 is 0.500 bits per heavy atom. The topological polar surface area (TPSA) is 168 Å². The van der Waals surface area contributed by atoms with Crippen LogP contribution < -0.4 is 10.6 Å². The number of furan rings is 2. The van der Waals surface area contributed by atoms with Crippen LogP contribution in [0.1, 0.15) is 67.8 Å². The third kappa shape index (κ3) is 10.5. The number of hydrogen-bond acceptors (Lipinski definition) is 8. The second kappa shape index (κ2) is 19.1. The van der Waals surface area contributed by atoms with Crippen LogP contribution in [0.3, 0.4) is 0 Å². The van der Waals surface area contributed by atoms with Crippen LogP contribution in [0.25, 0.3) is 44.5 Å². The van der Waals surface area contributed by atoms with E-state index in [4.69, 9.17) is 13.6 Å². The molecule has 8 aromatic rings. The second-order valence-corrected chi connectivity index (χ2v) is 15.8. The number of hydrogen-bond donors (Lipinski definition) is 4. The molecule has 6 aromatic carbocycles. The van der Waals surface area contributed by atoms with Crippen molar-refractivity contribution in [3.8, 4) is 50.3 Å². The van der Waals surface area contributed by atoms with Gasteiger partial charge in [0.25, 0.3) is 11.8 Å². The summed E-state index contributed by atoms with van der Waals surface area (Å²) in [5, 5.41) is 25.3. The van der Waals surface area contributed by atoms with Crippen molar-refractivity contribution in [2.75, 3.05) is 10.6 Å². The number of benzene rings is 6. The number of aryl methyl sites for hydroxylation is 1. The molecule has 0 bridgehead atoms. The minimum atomic E-state index is -1.17. The predicted octanol–water partition coefficient (Wildman–Crippen LogP) is 12.4. The van der Waals surface area contributed by atoms with Crippen molar-refractivity contribution in [2.24, 2.45) is 0 Å². The highest BCUT2D eigenvalue weighted by molar-refractivity contribution is 6.11. The molecule has 2 amide bonds. The molecule has 0 saturated heterocycles. The molecule has 320 valence electrons. The average Bonchev–Trinajstić information content (AvgIpc) is 4.03. The average molecular weight is 853 g/mol. The summed E-state index contributed by atoms with van der Waals surface area (Å²) < 4.78 is 15.8. The molecule has 0 saturated carbocycles. The number of amides is 2. The van der Waals surface area contributed by atoms with Crippen LogP contribution in [-0.2, 0) is 4.74 Å². The molecular formula is C53H44N2O9. The van der Waals surface area contributed by atoms with Gasteiger partial charge in [0.1, 0.15) is 11.4 Å². The van der Waals surface area contributed by atoms with Crippen molar-refractivity contribution in [2.45, 2.75) is 33.3 Å². The Morgan fingerprint density at radius 3 is 1.45 bits per heavy atom. The molecule has 11 heteroatoms. The molecular weight excluding hydrogens is 809 g/mol. The van der Waals surface area contributed by atoms with Crippen LogP contribution in [0.2, 0.25) is 0 Å². The molecule has 0 unspecified atom stereocenters. The van der Waals surface area contributed by atoms with Gasteiger partial charge in [0, 0.05) is 16.7 Å². The third-order valence-electron chi connectivity index (χ3n) is 10.0. The summed E-state index contributed by atoms with van der Waals surface area (Å²) in [5.74, 6) is -2.80. The van der Waals surface area contributed by atoms with Crippen LogP contribution in [0.4, 0.5) is 11.4 Å². The van der Waals surface area contributed by atoms with Crippen molar-refractivity contribution in [3.05, 3.63) is 198 Å². The normalized spacial score (nSPS) is 10.9. The highest BCUT2D eigenvalue weighted by Crippen LogP contribution is 2.32. The van der Waals surface area contributed by atoms with Crippen LogP contribution in [0, 0.1) is 6.92 Å². The van der Waals surface area contributed by atoms with Crippen molar-refractivity contribution >= 4 is 35.1 Å². The van der Waals surface area contributed by atoms with E-state index in [1.165, 1.54) is 30.7 Å². The van der Waals surface area contributed by atoms with Gasteiger partial charge in [-0.25, -0.2) is 9.59 Å². The van der Waals surface area contributed by atoms with E-state index in [1.807, 2.05) is 125 Å². The summed E-state index contributed by atoms with van der Waals surface area (Å²) in [4.78, 5) is 50.9. The van der Waals surface area contributed by atoms with Crippen LogP contribution in [0.5, 0.6) is 5.75 Å². The SMILES string of the molecule is Cc1ccc(-c2ccoc2)cc1C(=O)Nc1cc(-c2ccccc2)ccc1C(=O)OC(C)(C)C.O=C(Nc1cc(-c2ccccc2)ccc1C(=O)O)c1cc(-c2ccoc2)ccc1O. The van der Waals surface area contributed by atoms with Gasteiger partial charge in [0.15, 0.2) is 0 Å². The number of aromatic carboxylic acids is 1. The number of esters is 1. The van der Waals surface area contributed by atoms with Gasteiger partial charge >= 0.3 is 11.9 Å². The van der Waals surface area contributed by atoms with Crippen molar-refractivity contribution in [1.29, 1.82) is 0 Å². The second-order valence-electron chi connectivity index (χ2n) is 15.8. The highest BCUT2D eigenvalue weighted by atomic mass is 16.6. The molecule has 2 aromatic heterocycles. The van der Waals surface area contributed by atoms with E-state index in [1.54, 1.807) is 42.9 Å². The van der Waals surface area contributed by atoms with Gasteiger partial charge in [-0.15, -0.1) is 0 Å². The van der Waals surface area contributed by atoms with Gasteiger partial charge in [-0.3, -0.25) is 9.59 Å². The summed E-state index contributed by atoms with van der Waals surface area (Å²) in [6, 6.07) is 43.1. The standard InChI is InChI=1S/C29H27NO4.C24H17NO5/c1-19-10-11-21(23-14-15-33-18-23)16-25(19)27(31)30-26-17-22(20-8-6-5-7-9-20)12-13-24(26)28(32)34-29(2,3)4;26-22-9-7-16(18-10-11-30-14-18)12-20(22)23(27)25-21-13-17(6-8-19(21)24(28)29)15-4-2-1-3-5-15/h5-18H,1-4H3,(H,30,31);1-14,26H,(H,25,27)(H,28,29).